The topological polar surface area (TPSA) is 104 Å². The molecule has 19 heavy (non-hydrogen) atoms. The summed E-state index contributed by atoms with van der Waals surface area (Å²) >= 11 is 0. The first-order chi connectivity index (χ1) is 9.13. The lowest BCUT2D eigenvalue weighted by molar-refractivity contribution is 0.0932. The maximum atomic E-state index is 12.1. The number of fused-ring (bicyclic) bond motifs is 1. The molecule has 0 spiro atoms. The van der Waals surface area contributed by atoms with Crippen molar-refractivity contribution in [2.45, 2.75) is 12.8 Å². The maximum Gasteiger partial charge on any atom is 0.272 e. The van der Waals surface area contributed by atoms with Gasteiger partial charge in [-0.3, -0.25) is 9.89 Å². The first-order valence-electron chi connectivity index (χ1n) is 6.26. The van der Waals surface area contributed by atoms with Crippen LogP contribution < -0.4 is 11.1 Å². The van der Waals surface area contributed by atoms with E-state index in [0.717, 1.165) is 18.4 Å². The number of hydrogen-bond acceptors (Lipinski definition) is 4. The Bertz CT molecular complexity index is 631. The molecule has 5 N–H and O–H groups in total. The van der Waals surface area contributed by atoms with Gasteiger partial charge in [-0.15, -0.1) is 0 Å². The molecule has 0 radical (unpaired) electrons. The van der Waals surface area contributed by atoms with E-state index in [4.69, 9.17) is 5.73 Å². The van der Waals surface area contributed by atoms with E-state index in [0.29, 0.717) is 23.3 Å². The fraction of sp³-hybridized carbons (Fsp3) is 0.385. The highest BCUT2D eigenvalue weighted by molar-refractivity contribution is 6.05. The Balaban J connectivity index is 1.79. The second kappa shape index (κ2) is 4.24. The molecule has 100 valence electrons. The predicted octanol–water partition coefficient (Wildman–Crippen LogP) is 0.647. The number of hydrogen-bond donors (Lipinski definition) is 4. The lowest BCUT2D eigenvalue weighted by atomic mass is 10.1. The van der Waals surface area contributed by atoms with Gasteiger partial charge in [0.2, 0.25) is 0 Å². The molecule has 1 aliphatic carbocycles. The van der Waals surface area contributed by atoms with Crippen molar-refractivity contribution in [1.29, 1.82) is 0 Å². The lowest BCUT2D eigenvalue weighted by Crippen LogP contribution is -2.32. The number of nitrogens with one attached hydrogen (secondary N) is 2. The number of anilines is 1. The normalized spacial score (nSPS) is 16.5. The Morgan fingerprint density at radius 1 is 1.53 bits per heavy atom. The van der Waals surface area contributed by atoms with Gasteiger partial charge in [0.25, 0.3) is 5.91 Å². The molecule has 0 bridgehead atoms. The molecule has 0 saturated heterocycles. The summed E-state index contributed by atoms with van der Waals surface area (Å²) in [4.78, 5) is 12.1. The number of nitrogens with two attached hydrogens (primary N) is 1. The van der Waals surface area contributed by atoms with Gasteiger partial charge in [-0.25, -0.2) is 0 Å². The third-order valence-corrected chi connectivity index (χ3v) is 3.72. The van der Waals surface area contributed by atoms with E-state index in [-0.39, 0.29) is 17.9 Å². The Morgan fingerprint density at radius 3 is 3.00 bits per heavy atom. The second-order valence-corrected chi connectivity index (χ2v) is 5.22. The van der Waals surface area contributed by atoms with Crippen molar-refractivity contribution < 1.29 is 9.90 Å². The molecule has 0 aliphatic heterocycles. The summed E-state index contributed by atoms with van der Waals surface area (Å²) in [6.45, 7) is 0.598. The number of H-pyrrole nitrogens is 1. The monoisotopic (exact) mass is 260 g/mol. The van der Waals surface area contributed by atoms with Crippen molar-refractivity contribution >= 4 is 22.5 Å². The van der Waals surface area contributed by atoms with Gasteiger partial charge in [0.05, 0.1) is 12.1 Å². The van der Waals surface area contributed by atoms with Crippen LogP contribution in [0.15, 0.2) is 18.2 Å². The van der Waals surface area contributed by atoms with E-state index < -0.39 is 0 Å². The second-order valence-electron chi connectivity index (χ2n) is 5.22. The van der Waals surface area contributed by atoms with Crippen LogP contribution in [-0.4, -0.2) is 34.4 Å². The fourth-order valence-electron chi connectivity index (χ4n) is 2.12. The third kappa shape index (κ3) is 2.15. The van der Waals surface area contributed by atoms with Gasteiger partial charge in [-0.2, -0.15) is 5.10 Å². The van der Waals surface area contributed by atoms with E-state index in [2.05, 4.69) is 15.5 Å². The van der Waals surface area contributed by atoms with Gasteiger partial charge in [-0.05, 0) is 31.0 Å². The summed E-state index contributed by atoms with van der Waals surface area (Å²) < 4.78 is 0. The molecule has 1 fully saturated rings. The van der Waals surface area contributed by atoms with Crippen molar-refractivity contribution in [3.8, 4) is 0 Å². The van der Waals surface area contributed by atoms with Crippen LogP contribution in [0.4, 0.5) is 5.69 Å². The van der Waals surface area contributed by atoms with Gasteiger partial charge in [-0.1, -0.05) is 0 Å². The Kier molecular flexibility index (Phi) is 2.67. The molecule has 1 aliphatic rings. The largest absolute Gasteiger partial charge is 0.399 e. The van der Waals surface area contributed by atoms with Gasteiger partial charge in [0.1, 0.15) is 0 Å². The standard InChI is InChI=1S/C13H16N4O2/c14-8-1-2-10-9(5-8)11(17-16-10)12(19)15-6-13(7-18)3-4-13/h1-2,5,18H,3-4,6-7,14H2,(H,15,19)(H,16,17). The molecule has 1 heterocycles. The number of rotatable bonds is 4. The molecule has 1 aromatic heterocycles. The Labute approximate surface area is 110 Å². The summed E-state index contributed by atoms with van der Waals surface area (Å²) in [7, 11) is 0. The predicted molar refractivity (Wildman–Crippen MR) is 71.6 cm³/mol. The van der Waals surface area contributed by atoms with E-state index in [1.807, 2.05) is 0 Å². The minimum absolute atomic E-state index is 0.110. The minimum atomic E-state index is -0.239. The zero-order valence-corrected chi connectivity index (χ0v) is 10.4. The van der Waals surface area contributed by atoms with Crippen molar-refractivity contribution in [2.24, 2.45) is 5.41 Å². The van der Waals surface area contributed by atoms with Crippen LogP contribution in [-0.2, 0) is 0 Å². The average Bonchev–Trinajstić information content (AvgIpc) is 3.08. The molecule has 0 unspecified atom stereocenters. The van der Waals surface area contributed by atoms with Crippen molar-refractivity contribution in [1.82, 2.24) is 15.5 Å². The lowest BCUT2D eigenvalue weighted by Gasteiger charge is -2.11. The highest BCUT2D eigenvalue weighted by Crippen LogP contribution is 2.44. The molecule has 1 amide bonds. The molecule has 0 atom stereocenters. The Morgan fingerprint density at radius 2 is 2.32 bits per heavy atom. The van der Waals surface area contributed by atoms with Crippen molar-refractivity contribution in [3.05, 3.63) is 23.9 Å². The number of aromatic nitrogens is 2. The van der Waals surface area contributed by atoms with Crippen LogP contribution in [0.3, 0.4) is 0 Å². The van der Waals surface area contributed by atoms with Crippen LogP contribution in [0.1, 0.15) is 23.3 Å². The summed E-state index contributed by atoms with van der Waals surface area (Å²) in [5, 5.41) is 19.6. The first-order valence-corrected chi connectivity index (χ1v) is 6.26. The van der Waals surface area contributed by atoms with E-state index >= 15 is 0 Å². The number of aromatic amines is 1. The van der Waals surface area contributed by atoms with Crippen molar-refractivity contribution in [2.75, 3.05) is 18.9 Å². The summed E-state index contributed by atoms with van der Waals surface area (Å²) in [5.74, 6) is -0.239. The SMILES string of the molecule is Nc1ccc2[nH]nc(C(=O)NCC3(CO)CC3)c2c1. The Hall–Kier alpha value is -2.08. The molecule has 6 nitrogen and oxygen atoms in total. The van der Waals surface area contributed by atoms with Crippen molar-refractivity contribution in [3.63, 3.8) is 0 Å². The number of nitrogen functional groups attached to an aromatic ring is 1. The maximum absolute atomic E-state index is 12.1. The van der Waals surface area contributed by atoms with E-state index in [9.17, 15) is 9.90 Å². The van der Waals surface area contributed by atoms with Crippen LogP contribution in [0.2, 0.25) is 0 Å². The van der Waals surface area contributed by atoms with E-state index in [1.165, 1.54) is 0 Å². The number of carbonyl (C=O) groups is 1. The quantitative estimate of drug-likeness (QED) is 0.606. The zero-order valence-electron chi connectivity index (χ0n) is 10.4. The number of nitrogens with zero attached hydrogens (tertiary/aromatic N) is 1. The van der Waals surface area contributed by atoms with Gasteiger partial charge < -0.3 is 16.2 Å². The molecule has 1 aromatic carbocycles. The molecule has 2 aromatic rings. The molecule has 3 rings (SSSR count). The number of aliphatic hydroxyl groups is 1. The number of carbonyl (C=O) groups excluding carboxylic acids is 1. The summed E-state index contributed by atoms with van der Waals surface area (Å²) in [6.07, 6.45) is 1.91. The van der Waals surface area contributed by atoms with Crippen LogP contribution in [0, 0.1) is 5.41 Å². The first kappa shape index (κ1) is 12.0. The molecule has 1 saturated carbocycles. The molecule has 6 heteroatoms. The van der Waals surface area contributed by atoms with Gasteiger partial charge in [0.15, 0.2) is 5.69 Å². The third-order valence-electron chi connectivity index (χ3n) is 3.72. The number of aliphatic hydroxyl groups excluding tert-OH is 1. The van der Waals surface area contributed by atoms with E-state index in [1.54, 1.807) is 18.2 Å². The van der Waals surface area contributed by atoms with Crippen LogP contribution in [0.25, 0.3) is 10.9 Å². The number of amides is 1. The fourth-order valence-corrected chi connectivity index (χ4v) is 2.12. The summed E-state index contributed by atoms with van der Waals surface area (Å²) in [6, 6.07) is 5.28. The average molecular weight is 260 g/mol. The highest BCUT2D eigenvalue weighted by atomic mass is 16.3. The smallest absolute Gasteiger partial charge is 0.272 e. The zero-order chi connectivity index (χ0) is 13.5. The molecular weight excluding hydrogens is 244 g/mol. The highest BCUT2D eigenvalue weighted by Gasteiger charge is 2.42. The van der Waals surface area contributed by atoms with Gasteiger partial charge in [0, 0.05) is 23.0 Å². The molecular formula is C13H16N4O2. The van der Waals surface area contributed by atoms with Crippen LogP contribution >= 0.6 is 0 Å². The van der Waals surface area contributed by atoms with Gasteiger partial charge >= 0.3 is 0 Å². The summed E-state index contributed by atoms with van der Waals surface area (Å²) in [5.41, 5.74) is 7.33. The van der Waals surface area contributed by atoms with Crippen LogP contribution in [0.5, 0.6) is 0 Å². The minimum Gasteiger partial charge on any atom is -0.399 e. The number of benzene rings is 1.